The molecule has 1 aliphatic heterocycles. The van der Waals surface area contributed by atoms with Gasteiger partial charge >= 0.3 is 0 Å². The van der Waals surface area contributed by atoms with Crippen molar-refractivity contribution in [2.24, 2.45) is 7.05 Å². The molecule has 5 rings (SSSR count). The van der Waals surface area contributed by atoms with Crippen LogP contribution in [0.3, 0.4) is 0 Å². The number of rotatable bonds is 7. The molecule has 36 heavy (non-hydrogen) atoms. The molecule has 0 bridgehead atoms. The van der Waals surface area contributed by atoms with Gasteiger partial charge in [-0.1, -0.05) is 29.8 Å². The van der Waals surface area contributed by atoms with Crippen LogP contribution in [0.4, 0.5) is 0 Å². The first-order valence-electron chi connectivity index (χ1n) is 11.9. The van der Waals surface area contributed by atoms with Crippen LogP contribution in [0.15, 0.2) is 70.1 Å². The lowest BCUT2D eigenvalue weighted by molar-refractivity contribution is 0.0627. The van der Waals surface area contributed by atoms with E-state index in [4.69, 9.17) is 16.0 Å². The average Bonchev–Trinajstić information content (AvgIpc) is 3.54. The average molecular weight is 507 g/mol. The maximum atomic E-state index is 13.2. The number of amides is 1. The molecular formula is C27H27ClN4O4. The van der Waals surface area contributed by atoms with E-state index in [0.717, 1.165) is 24.9 Å². The van der Waals surface area contributed by atoms with Gasteiger partial charge in [-0.15, -0.1) is 0 Å². The van der Waals surface area contributed by atoms with Gasteiger partial charge in [-0.25, -0.2) is 0 Å². The summed E-state index contributed by atoms with van der Waals surface area (Å²) in [6.45, 7) is 1.53. The summed E-state index contributed by atoms with van der Waals surface area (Å²) in [5.74, 6) is 0.157. The summed E-state index contributed by atoms with van der Waals surface area (Å²) in [6, 6.07) is 14.3. The van der Waals surface area contributed by atoms with E-state index in [1.807, 2.05) is 30.3 Å². The van der Waals surface area contributed by atoms with Gasteiger partial charge in [0, 0.05) is 37.1 Å². The standard InChI is InChI=1S/C27H27ClN4O4/c1-31-16-21(26(35)30-14-17-7-9-18(28)10-8-17)24(33)20-13-19(36-27(20)31)15-32-12-4-6-23(32)25(34)22-5-2-3-11-29-22/h2-3,5,7-11,13,16,23,25,34H,4,6,12,14-15H2,1H3,(H,30,35)/t23-,25+/m1/s1. The third-order valence-corrected chi connectivity index (χ3v) is 6.89. The van der Waals surface area contributed by atoms with E-state index >= 15 is 0 Å². The summed E-state index contributed by atoms with van der Waals surface area (Å²) in [7, 11) is 1.74. The first kappa shape index (κ1) is 24.2. The molecule has 8 nitrogen and oxygen atoms in total. The van der Waals surface area contributed by atoms with E-state index in [1.165, 1.54) is 6.20 Å². The van der Waals surface area contributed by atoms with Crippen molar-refractivity contribution < 1.29 is 14.3 Å². The molecular weight excluding hydrogens is 480 g/mol. The predicted molar refractivity (Wildman–Crippen MR) is 137 cm³/mol. The lowest BCUT2D eigenvalue weighted by Crippen LogP contribution is -2.34. The lowest BCUT2D eigenvalue weighted by atomic mass is 10.0. The highest BCUT2D eigenvalue weighted by Gasteiger charge is 2.33. The van der Waals surface area contributed by atoms with Crippen LogP contribution in [0, 0.1) is 0 Å². The quantitative estimate of drug-likeness (QED) is 0.395. The van der Waals surface area contributed by atoms with Gasteiger partial charge in [0.25, 0.3) is 5.91 Å². The summed E-state index contributed by atoms with van der Waals surface area (Å²) in [5.41, 5.74) is 1.60. The fraction of sp³-hybridized carbons (Fsp3) is 0.296. The molecule has 0 radical (unpaired) electrons. The summed E-state index contributed by atoms with van der Waals surface area (Å²) >= 11 is 5.91. The molecule has 1 amide bonds. The Balaban J connectivity index is 1.34. The van der Waals surface area contributed by atoms with Gasteiger partial charge in [-0.3, -0.25) is 19.5 Å². The molecule has 1 saturated heterocycles. The number of carbonyl (C=O) groups is 1. The van der Waals surface area contributed by atoms with Crippen molar-refractivity contribution in [1.82, 2.24) is 19.8 Å². The Morgan fingerprint density at radius 1 is 1.28 bits per heavy atom. The molecule has 4 heterocycles. The maximum Gasteiger partial charge on any atom is 0.257 e. The highest BCUT2D eigenvalue weighted by atomic mass is 35.5. The van der Waals surface area contributed by atoms with Crippen LogP contribution in [0.1, 0.15) is 46.3 Å². The number of pyridine rings is 2. The van der Waals surface area contributed by atoms with Gasteiger partial charge in [0.05, 0.1) is 17.6 Å². The van der Waals surface area contributed by atoms with Crippen LogP contribution in [0.5, 0.6) is 0 Å². The Hall–Kier alpha value is -3.46. The molecule has 2 atom stereocenters. The normalized spacial score (nSPS) is 16.9. The second-order valence-electron chi connectivity index (χ2n) is 9.10. The number of furan rings is 1. The number of hydrogen-bond acceptors (Lipinski definition) is 6. The summed E-state index contributed by atoms with van der Waals surface area (Å²) in [5, 5.41) is 14.7. The van der Waals surface area contributed by atoms with Crippen molar-refractivity contribution in [2.45, 2.75) is 38.1 Å². The lowest BCUT2D eigenvalue weighted by Gasteiger charge is -2.27. The Morgan fingerprint density at radius 3 is 2.83 bits per heavy atom. The Bertz CT molecular complexity index is 1430. The number of nitrogens with one attached hydrogen (secondary N) is 1. The van der Waals surface area contributed by atoms with E-state index in [2.05, 4.69) is 15.2 Å². The van der Waals surface area contributed by atoms with E-state index in [1.54, 1.807) is 36.0 Å². The van der Waals surface area contributed by atoms with E-state index < -0.39 is 12.0 Å². The van der Waals surface area contributed by atoms with Gasteiger partial charge in [-0.2, -0.15) is 0 Å². The smallest absolute Gasteiger partial charge is 0.257 e. The van der Waals surface area contributed by atoms with Gasteiger partial charge in [-0.05, 0) is 55.3 Å². The van der Waals surface area contributed by atoms with Crippen LogP contribution in [0.25, 0.3) is 11.1 Å². The first-order valence-corrected chi connectivity index (χ1v) is 12.3. The zero-order valence-corrected chi connectivity index (χ0v) is 20.6. The predicted octanol–water partition coefficient (Wildman–Crippen LogP) is 3.81. The second kappa shape index (κ2) is 10.3. The highest BCUT2D eigenvalue weighted by molar-refractivity contribution is 6.30. The zero-order chi connectivity index (χ0) is 25.2. The number of aliphatic hydroxyl groups is 1. The van der Waals surface area contributed by atoms with Crippen LogP contribution in [0.2, 0.25) is 5.02 Å². The van der Waals surface area contributed by atoms with Gasteiger partial charge in [0.1, 0.15) is 17.4 Å². The summed E-state index contributed by atoms with van der Waals surface area (Å²) in [4.78, 5) is 32.4. The number of aryl methyl sites for hydroxylation is 1. The van der Waals surface area contributed by atoms with Crippen LogP contribution in [-0.4, -0.2) is 38.1 Å². The number of carbonyl (C=O) groups excluding carboxylic acids is 1. The third kappa shape index (κ3) is 4.93. The molecule has 0 spiro atoms. The number of likely N-dealkylation sites (tertiary alicyclic amines) is 1. The molecule has 0 saturated carbocycles. The minimum atomic E-state index is -0.708. The number of halogens is 1. The van der Waals surface area contributed by atoms with Crippen LogP contribution >= 0.6 is 11.6 Å². The largest absolute Gasteiger partial charge is 0.443 e. The number of fused-ring (bicyclic) bond motifs is 1. The third-order valence-electron chi connectivity index (χ3n) is 6.64. The highest BCUT2D eigenvalue weighted by Crippen LogP contribution is 2.30. The zero-order valence-electron chi connectivity index (χ0n) is 19.9. The number of benzene rings is 1. The van der Waals surface area contributed by atoms with Crippen molar-refractivity contribution in [3.05, 3.63) is 98.8 Å². The molecule has 0 aliphatic carbocycles. The Kier molecular flexibility index (Phi) is 6.91. The van der Waals surface area contributed by atoms with Crippen LogP contribution < -0.4 is 10.7 Å². The van der Waals surface area contributed by atoms with Crippen molar-refractivity contribution in [3.63, 3.8) is 0 Å². The summed E-state index contributed by atoms with van der Waals surface area (Å²) < 4.78 is 7.68. The summed E-state index contributed by atoms with van der Waals surface area (Å²) in [6.07, 6.45) is 4.26. The monoisotopic (exact) mass is 506 g/mol. The van der Waals surface area contributed by atoms with Crippen molar-refractivity contribution in [3.8, 4) is 0 Å². The molecule has 9 heteroatoms. The fourth-order valence-corrected chi connectivity index (χ4v) is 4.91. The number of hydrogen-bond donors (Lipinski definition) is 2. The first-order chi connectivity index (χ1) is 17.4. The van der Waals surface area contributed by atoms with Crippen molar-refractivity contribution >= 4 is 28.6 Å². The fourth-order valence-electron chi connectivity index (χ4n) is 4.79. The molecule has 0 unspecified atom stereocenters. The van der Waals surface area contributed by atoms with Crippen molar-refractivity contribution in [1.29, 1.82) is 0 Å². The molecule has 4 aromatic rings. The maximum absolute atomic E-state index is 13.2. The number of aliphatic hydroxyl groups excluding tert-OH is 1. The Morgan fingerprint density at radius 2 is 2.08 bits per heavy atom. The van der Waals surface area contributed by atoms with Crippen molar-refractivity contribution in [2.75, 3.05) is 6.54 Å². The minimum absolute atomic E-state index is 0.0518. The van der Waals surface area contributed by atoms with E-state index in [-0.39, 0.29) is 23.6 Å². The van der Waals surface area contributed by atoms with E-state index in [0.29, 0.717) is 34.1 Å². The topological polar surface area (TPSA) is 101 Å². The SMILES string of the molecule is Cn1cc(C(=O)NCc2ccc(Cl)cc2)c(=O)c2cc(CN3CCC[C@@H]3[C@@H](O)c3ccccn3)oc21. The number of nitrogens with zero attached hydrogens (tertiary/aromatic N) is 3. The molecule has 186 valence electrons. The van der Waals surface area contributed by atoms with Gasteiger partial charge in [0.2, 0.25) is 11.1 Å². The number of aromatic nitrogens is 2. The van der Waals surface area contributed by atoms with Crippen LogP contribution in [-0.2, 0) is 20.1 Å². The molecule has 3 aromatic heterocycles. The van der Waals surface area contributed by atoms with E-state index in [9.17, 15) is 14.7 Å². The molecule has 2 N–H and O–H groups in total. The molecule has 1 aromatic carbocycles. The minimum Gasteiger partial charge on any atom is -0.443 e. The van der Waals surface area contributed by atoms with Gasteiger partial charge in [0.15, 0.2) is 0 Å². The Labute approximate surface area is 213 Å². The second-order valence-corrected chi connectivity index (χ2v) is 9.54. The molecule has 1 fully saturated rings. The van der Waals surface area contributed by atoms with Gasteiger partial charge < -0.3 is 19.4 Å². The molecule has 1 aliphatic rings.